The summed E-state index contributed by atoms with van der Waals surface area (Å²) in [4.78, 5) is 8.02. The van der Waals surface area contributed by atoms with Crippen molar-refractivity contribution in [2.45, 2.75) is 31.5 Å². The Morgan fingerprint density at radius 1 is 1.38 bits per heavy atom. The lowest BCUT2D eigenvalue weighted by atomic mass is 10.1. The molecule has 1 aliphatic rings. The van der Waals surface area contributed by atoms with Crippen LogP contribution in [0.25, 0.3) is 11.0 Å². The van der Waals surface area contributed by atoms with E-state index in [1.165, 1.54) is 17.2 Å². The van der Waals surface area contributed by atoms with Gasteiger partial charge in [0, 0.05) is 5.75 Å². The van der Waals surface area contributed by atoms with Crippen molar-refractivity contribution in [2.24, 2.45) is 0 Å². The van der Waals surface area contributed by atoms with Crippen molar-refractivity contribution < 1.29 is 14.9 Å². The Kier molecular flexibility index (Phi) is 3.98. The Balaban J connectivity index is 1.90. The van der Waals surface area contributed by atoms with Gasteiger partial charge in [0.05, 0.1) is 17.7 Å². The molecule has 4 unspecified atom stereocenters. The molecule has 0 bridgehead atoms. The Morgan fingerprint density at radius 2 is 2.19 bits per heavy atom. The highest BCUT2D eigenvalue weighted by Crippen LogP contribution is 2.32. The van der Waals surface area contributed by atoms with Gasteiger partial charge in [-0.05, 0) is 5.75 Å². The predicted molar refractivity (Wildman–Crippen MR) is 78.7 cm³/mol. The monoisotopic (exact) mass is 311 g/mol. The quantitative estimate of drug-likeness (QED) is 0.709. The highest BCUT2D eigenvalue weighted by Gasteiger charge is 2.44. The largest absolute Gasteiger partial charge is 0.387 e. The van der Waals surface area contributed by atoms with E-state index in [9.17, 15) is 10.2 Å². The molecular formula is C12H17N5O3S. The van der Waals surface area contributed by atoms with E-state index < -0.39 is 24.5 Å². The van der Waals surface area contributed by atoms with Crippen LogP contribution in [-0.2, 0) is 4.74 Å². The fraction of sp³-hybridized carbons (Fsp3) is 0.583. The first-order chi connectivity index (χ1) is 10.1. The van der Waals surface area contributed by atoms with Gasteiger partial charge in [-0.1, -0.05) is 6.92 Å². The Hall–Kier alpha value is -1.42. The predicted octanol–water partition coefficient (Wildman–Crippen LogP) is -0.219. The molecule has 9 heteroatoms. The lowest BCUT2D eigenvalue weighted by Crippen LogP contribution is -2.32. The fourth-order valence-corrected chi connectivity index (χ4v) is 3.11. The summed E-state index contributed by atoms with van der Waals surface area (Å²) in [7, 11) is 0. The van der Waals surface area contributed by atoms with Gasteiger partial charge in [0.1, 0.15) is 24.4 Å². The third-order valence-corrected chi connectivity index (χ3v) is 4.46. The minimum Gasteiger partial charge on any atom is -0.387 e. The van der Waals surface area contributed by atoms with E-state index in [1.54, 1.807) is 11.8 Å². The van der Waals surface area contributed by atoms with E-state index in [-0.39, 0.29) is 0 Å². The molecule has 0 saturated carbocycles. The van der Waals surface area contributed by atoms with Crippen molar-refractivity contribution in [3.05, 3.63) is 12.5 Å². The Morgan fingerprint density at radius 3 is 2.95 bits per heavy atom. The van der Waals surface area contributed by atoms with Crippen LogP contribution < -0.4 is 5.73 Å². The Bertz CT molecular complexity index is 636. The second kappa shape index (κ2) is 5.76. The van der Waals surface area contributed by atoms with Gasteiger partial charge in [0.15, 0.2) is 11.9 Å². The molecule has 0 spiro atoms. The lowest BCUT2D eigenvalue weighted by Gasteiger charge is -2.15. The smallest absolute Gasteiger partial charge is 0.181 e. The van der Waals surface area contributed by atoms with Crippen LogP contribution in [0.5, 0.6) is 0 Å². The SMILES string of the molecule is CCSCC1OC(n2ncc3c(N)ncnc32)C(O)C1O. The number of anilines is 1. The first kappa shape index (κ1) is 14.5. The standard InChI is InChI=1S/C12H17N5O3S/c1-2-21-4-7-8(18)9(19)12(20-7)17-11-6(3-16-17)10(13)14-5-15-11/h3,5,7-9,12,18-19H,2,4H2,1H3,(H2,13,14,15). The second-order valence-electron chi connectivity index (χ2n) is 4.79. The first-order valence-corrected chi connectivity index (χ1v) is 7.82. The molecule has 1 fully saturated rings. The van der Waals surface area contributed by atoms with Crippen molar-refractivity contribution >= 4 is 28.6 Å². The summed E-state index contributed by atoms with van der Waals surface area (Å²) in [5.74, 6) is 1.85. The molecule has 3 rings (SSSR count). The molecule has 114 valence electrons. The number of nitrogens with two attached hydrogens (primary N) is 1. The summed E-state index contributed by atoms with van der Waals surface area (Å²) < 4.78 is 7.20. The van der Waals surface area contributed by atoms with Crippen molar-refractivity contribution in [2.75, 3.05) is 17.2 Å². The molecule has 0 amide bonds. The second-order valence-corrected chi connectivity index (χ2v) is 6.11. The third kappa shape index (κ3) is 2.46. The summed E-state index contributed by atoms with van der Waals surface area (Å²) in [6, 6.07) is 0. The zero-order valence-electron chi connectivity index (χ0n) is 11.5. The first-order valence-electron chi connectivity index (χ1n) is 6.66. The molecule has 4 N–H and O–H groups in total. The molecule has 3 heterocycles. The van der Waals surface area contributed by atoms with Gasteiger partial charge in [0.25, 0.3) is 0 Å². The van der Waals surface area contributed by atoms with Gasteiger partial charge in [-0.25, -0.2) is 14.6 Å². The number of nitrogens with zero attached hydrogens (tertiary/aromatic N) is 4. The van der Waals surface area contributed by atoms with Crippen LogP contribution >= 0.6 is 11.8 Å². The van der Waals surface area contributed by atoms with Crippen molar-refractivity contribution in [1.29, 1.82) is 0 Å². The zero-order valence-corrected chi connectivity index (χ0v) is 12.3. The van der Waals surface area contributed by atoms with Gasteiger partial charge in [-0.15, -0.1) is 0 Å². The van der Waals surface area contributed by atoms with E-state index in [0.717, 1.165) is 5.75 Å². The van der Waals surface area contributed by atoms with Crippen LogP contribution in [0.3, 0.4) is 0 Å². The number of hydrogen-bond acceptors (Lipinski definition) is 8. The molecule has 0 aliphatic carbocycles. The number of aliphatic hydroxyl groups excluding tert-OH is 2. The number of aromatic nitrogens is 4. The van der Waals surface area contributed by atoms with Gasteiger partial charge >= 0.3 is 0 Å². The van der Waals surface area contributed by atoms with E-state index in [0.29, 0.717) is 22.6 Å². The van der Waals surface area contributed by atoms with Gasteiger partial charge < -0.3 is 20.7 Å². The molecular weight excluding hydrogens is 294 g/mol. The maximum Gasteiger partial charge on any atom is 0.181 e. The summed E-state index contributed by atoms with van der Waals surface area (Å²) in [5.41, 5.74) is 6.24. The number of fused-ring (bicyclic) bond motifs is 1. The van der Waals surface area contributed by atoms with Crippen molar-refractivity contribution in [1.82, 2.24) is 19.7 Å². The molecule has 2 aromatic rings. The number of aliphatic hydroxyl groups is 2. The average molecular weight is 311 g/mol. The topological polar surface area (TPSA) is 119 Å². The van der Waals surface area contributed by atoms with Gasteiger partial charge in [-0.2, -0.15) is 16.9 Å². The van der Waals surface area contributed by atoms with Gasteiger partial charge in [-0.3, -0.25) is 0 Å². The normalized spacial score (nSPS) is 29.3. The third-order valence-electron chi connectivity index (χ3n) is 3.49. The summed E-state index contributed by atoms with van der Waals surface area (Å²) in [6.07, 6.45) is -0.374. The van der Waals surface area contributed by atoms with Gasteiger partial charge in [0.2, 0.25) is 0 Å². The number of thioether (sulfide) groups is 1. The number of ether oxygens (including phenoxy) is 1. The minimum atomic E-state index is -1.06. The molecule has 0 radical (unpaired) electrons. The molecule has 0 aromatic carbocycles. The zero-order chi connectivity index (χ0) is 15.0. The van der Waals surface area contributed by atoms with Crippen LogP contribution in [0.4, 0.5) is 5.82 Å². The fourth-order valence-electron chi connectivity index (χ4n) is 2.37. The maximum atomic E-state index is 10.2. The van der Waals surface area contributed by atoms with E-state index in [2.05, 4.69) is 15.1 Å². The molecule has 4 atom stereocenters. The minimum absolute atomic E-state index is 0.317. The van der Waals surface area contributed by atoms with Crippen molar-refractivity contribution in [3.63, 3.8) is 0 Å². The highest BCUT2D eigenvalue weighted by molar-refractivity contribution is 7.99. The lowest BCUT2D eigenvalue weighted by molar-refractivity contribution is -0.0361. The molecule has 1 saturated heterocycles. The van der Waals surface area contributed by atoms with Crippen LogP contribution in [0.1, 0.15) is 13.2 Å². The molecule has 21 heavy (non-hydrogen) atoms. The summed E-state index contributed by atoms with van der Waals surface area (Å²) >= 11 is 1.65. The van der Waals surface area contributed by atoms with E-state index in [1.807, 2.05) is 6.92 Å². The van der Waals surface area contributed by atoms with Crippen LogP contribution in [0.15, 0.2) is 12.5 Å². The van der Waals surface area contributed by atoms with Crippen LogP contribution in [0, 0.1) is 0 Å². The van der Waals surface area contributed by atoms with Crippen molar-refractivity contribution in [3.8, 4) is 0 Å². The van der Waals surface area contributed by atoms with Crippen LogP contribution in [0.2, 0.25) is 0 Å². The number of nitrogen functional groups attached to an aromatic ring is 1. The highest BCUT2D eigenvalue weighted by atomic mass is 32.2. The molecule has 1 aliphatic heterocycles. The summed E-state index contributed by atoms with van der Waals surface area (Å²) in [6.45, 7) is 2.03. The summed E-state index contributed by atoms with van der Waals surface area (Å²) in [5, 5.41) is 25.1. The number of rotatable bonds is 4. The van der Waals surface area contributed by atoms with Crippen LogP contribution in [-0.4, -0.2) is 59.8 Å². The maximum absolute atomic E-state index is 10.2. The van der Waals surface area contributed by atoms with E-state index in [4.69, 9.17) is 10.5 Å². The molecule has 2 aromatic heterocycles. The molecule has 8 nitrogen and oxygen atoms in total. The number of hydrogen-bond donors (Lipinski definition) is 3. The average Bonchev–Trinajstić information content (AvgIpc) is 3.02. The van der Waals surface area contributed by atoms with E-state index >= 15 is 0 Å². The Labute approximate surface area is 125 Å².